The molecular weight excluding hydrogens is 292 g/mol. The highest BCUT2D eigenvalue weighted by Gasteiger charge is 2.62. The molecule has 0 aromatic heterocycles. The van der Waals surface area contributed by atoms with Gasteiger partial charge in [0.25, 0.3) is 0 Å². The quantitative estimate of drug-likeness (QED) is 0.581. The highest BCUT2D eigenvalue weighted by molar-refractivity contribution is 5.87. The fourth-order valence-corrected chi connectivity index (χ4v) is 3.71. The molecule has 2 aliphatic rings. The number of fused-ring (bicyclic) bond motifs is 2. The summed E-state index contributed by atoms with van der Waals surface area (Å²) in [6.45, 7) is 17.2. The minimum absolute atomic E-state index is 0.0884. The van der Waals surface area contributed by atoms with Crippen molar-refractivity contribution in [2.75, 3.05) is 7.11 Å². The summed E-state index contributed by atoms with van der Waals surface area (Å²) in [6, 6.07) is 0. The Morgan fingerprint density at radius 1 is 1.04 bits per heavy atom. The van der Waals surface area contributed by atoms with E-state index in [2.05, 4.69) is 38.7 Å². The van der Waals surface area contributed by atoms with Crippen molar-refractivity contribution in [3.05, 3.63) is 24.3 Å². The van der Waals surface area contributed by atoms with Crippen LogP contribution in [0.4, 0.5) is 0 Å². The van der Waals surface area contributed by atoms with Gasteiger partial charge in [-0.1, -0.05) is 33.9 Å². The third-order valence-electron chi connectivity index (χ3n) is 5.85. The number of hydrogen-bond acceptors (Lipinski definition) is 4. The van der Waals surface area contributed by atoms with Crippen LogP contribution in [0.5, 0.6) is 0 Å². The molecule has 2 bridgehead atoms. The highest BCUT2D eigenvalue weighted by atomic mass is 16.5. The third-order valence-corrected chi connectivity index (χ3v) is 5.85. The first kappa shape index (κ1) is 19.5. The van der Waals surface area contributed by atoms with Crippen LogP contribution >= 0.6 is 0 Å². The Labute approximate surface area is 139 Å². The standard InChI is InChI=1S/C14H22O2.C5H8O2/c1-9(2)12(15)16-11-8-10-6-7-14(11,5)13(10,3)4;1-4(2)5(6)7-3/h10-11H,1,6-8H2,2-5H3;1H2,2-3H3/t10-,11-,14+;/m0./s1. The first-order valence-corrected chi connectivity index (χ1v) is 8.07. The van der Waals surface area contributed by atoms with E-state index in [-0.39, 0.29) is 23.5 Å². The topological polar surface area (TPSA) is 52.6 Å². The maximum absolute atomic E-state index is 11.6. The predicted octanol–water partition coefficient (Wildman–Crippen LogP) is 4.06. The molecule has 0 spiro atoms. The highest BCUT2D eigenvalue weighted by Crippen LogP contribution is 2.66. The predicted molar refractivity (Wildman–Crippen MR) is 90.8 cm³/mol. The average molecular weight is 322 g/mol. The summed E-state index contributed by atoms with van der Waals surface area (Å²) in [5.74, 6) is 0.134. The molecule has 2 rings (SSSR count). The summed E-state index contributed by atoms with van der Waals surface area (Å²) in [5, 5.41) is 0. The molecule has 2 saturated carbocycles. The van der Waals surface area contributed by atoms with Crippen molar-refractivity contribution in [3.63, 3.8) is 0 Å². The van der Waals surface area contributed by atoms with Crippen LogP contribution < -0.4 is 0 Å². The molecule has 2 aliphatic carbocycles. The zero-order chi connectivity index (χ0) is 18.0. The smallest absolute Gasteiger partial charge is 0.333 e. The molecular formula is C19H30O4. The lowest BCUT2D eigenvalue weighted by Gasteiger charge is -2.38. The number of ether oxygens (including phenoxy) is 2. The first-order valence-electron chi connectivity index (χ1n) is 8.07. The molecule has 0 N–H and O–H groups in total. The molecule has 3 atom stereocenters. The number of carbonyl (C=O) groups is 2. The van der Waals surface area contributed by atoms with Gasteiger partial charge in [-0.3, -0.25) is 0 Å². The number of carbonyl (C=O) groups excluding carboxylic acids is 2. The Bertz CT molecular complexity index is 517. The summed E-state index contributed by atoms with van der Waals surface area (Å²) in [4.78, 5) is 21.8. The van der Waals surface area contributed by atoms with Gasteiger partial charge < -0.3 is 9.47 Å². The lowest BCUT2D eigenvalue weighted by atomic mass is 9.70. The molecule has 0 radical (unpaired) electrons. The number of esters is 2. The summed E-state index contributed by atoms with van der Waals surface area (Å²) >= 11 is 0. The molecule has 0 unspecified atom stereocenters. The van der Waals surface area contributed by atoms with Gasteiger partial charge in [-0.2, -0.15) is 0 Å². The van der Waals surface area contributed by atoms with E-state index in [1.807, 2.05) is 0 Å². The number of rotatable bonds is 3. The van der Waals surface area contributed by atoms with E-state index in [1.165, 1.54) is 20.0 Å². The summed E-state index contributed by atoms with van der Waals surface area (Å²) in [5.41, 5.74) is 1.39. The van der Waals surface area contributed by atoms with E-state index in [4.69, 9.17) is 4.74 Å². The van der Waals surface area contributed by atoms with E-state index < -0.39 is 0 Å². The van der Waals surface area contributed by atoms with Gasteiger partial charge in [0, 0.05) is 16.6 Å². The Morgan fingerprint density at radius 3 is 1.83 bits per heavy atom. The van der Waals surface area contributed by atoms with Crippen molar-refractivity contribution >= 4 is 11.9 Å². The number of hydrogen-bond donors (Lipinski definition) is 0. The normalized spacial score (nSPS) is 30.0. The SMILES string of the molecule is C=C(C)C(=O)OC.C=C(C)C(=O)O[C@H]1C[C@@H]2CC[C@@]1(C)C2(C)C. The summed E-state index contributed by atoms with van der Waals surface area (Å²) < 4.78 is 9.88. The molecule has 0 amide bonds. The first-order chi connectivity index (χ1) is 10.5. The van der Waals surface area contributed by atoms with E-state index in [0.717, 1.165) is 6.42 Å². The second-order valence-corrected chi connectivity index (χ2v) is 7.56. The van der Waals surface area contributed by atoms with Crippen molar-refractivity contribution in [2.24, 2.45) is 16.7 Å². The number of methoxy groups -OCH3 is 1. The summed E-state index contributed by atoms with van der Waals surface area (Å²) in [6.07, 6.45) is 3.58. The fraction of sp³-hybridized carbons (Fsp3) is 0.684. The van der Waals surface area contributed by atoms with Gasteiger partial charge in [0.2, 0.25) is 0 Å². The Hall–Kier alpha value is -1.58. The van der Waals surface area contributed by atoms with Gasteiger partial charge in [0.05, 0.1) is 7.11 Å². The molecule has 0 aromatic rings. The van der Waals surface area contributed by atoms with E-state index in [1.54, 1.807) is 13.8 Å². The zero-order valence-corrected chi connectivity index (χ0v) is 15.3. The molecule has 23 heavy (non-hydrogen) atoms. The minimum Gasteiger partial charge on any atom is -0.466 e. The van der Waals surface area contributed by atoms with Crippen molar-refractivity contribution in [1.82, 2.24) is 0 Å². The van der Waals surface area contributed by atoms with Gasteiger partial charge in [-0.25, -0.2) is 9.59 Å². The van der Waals surface area contributed by atoms with Crippen LogP contribution in [0, 0.1) is 16.7 Å². The zero-order valence-electron chi connectivity index (χ0n) is 15.3. The third kappa shape index (κ3) is 3.67. The van der Waals surface area contributed by atoms with E-state index >= 15 is 0 Å². The van der Waals surface area contributed by atoms with Crippen LogP contribution in [-0.4, -0.2) is 25.2 Å². The Balaban J connectivity index is 0.000000322. The van der Waals surface area contributed by atoms with Crippen LogP contribution in [0.3, 0.4) is 0 Å². The van der Waals surface area contributed by atoms with Gasteiger partial charge in [0.1, 0.15) is 6.10 Å². The van der Waals surface area contributed by atoms with Crippen LogP contribution in [0.25, 0.3) is 0 Å². The van der Waals surface area contributed by atoms with Crippen LogP contribution in [0.1, 0.15) is 53.9 Å². The summed E-state index contributed by atoms with van der Waals surface area (Å²) in [7, 11) is 1.33. The van der Waals surface area contributed by atoms with Crippen molar-refractivity contribution in [1.29, 1.82) is 0 Å². The largest absolute Gasteiger partial charge is 0.466 e. The van der Waals surface area contributed by atoms with Gasteiger partial charge in [-0.05, 0) is 44.4 Å². The van der Waals surface area contributed by atoms with E-state index in [9.17, 15) is 9.59 Å². The van der Waals surface area contributed by atoms with Crippen molar-refractivity contribution in [2.45, 2.75) is 60.0 Å². The molecule has 4 nitrogen and oxygen atoms in total. The molecule has 130 valence electrons. The monoisotopic (exact) mass is 322 g/mol. The average Bonchev–Trinajstić information content (AvgIpc) is 2.80. The molecule has 2 fully saturated rings. The maximum Gasteiger partial charge on any atom is 0.333 e. The lowest BCUT2D eigenvalue weighted by molar-refractivity contribution is -0.151. The van der Waals surface area contributed by atoms with Gasteiger partial charge in [0.15, 0.2) is 0 Å². The van der Waals surface area contributed by atoms with Crippen LogP contribution in [0.15, 0.2) is 24.3 Å². The fourth-order valence-electron chi connectivity index (χ4n) is 3.71. The second-order valence-electron chi connectivity index (χ2n) is 7.56. The van der Waals surface area contributed by atoms with Gasteiger partial charge >= 0.3 is 11.9 Å². The minimum atomic E-state index is -0.347. The molecule has 4 heteroatoms. The Kier molecular flexibility index (Phi) is 5.84. The van der Waals surface area contributed by atoms with Crippen LogP contribution in [0.2, 0.25) is 0 Å². The Morgan fingerprint density at radius 2 is 1.57 bits per heavy atom. The maximum atomic E-state index is 11.6. The second kappa shape index (κ2) is 6.90. The lowest BCUT2D eigenvalue weighted by Crippen LogP contribution is -2.38. The van der Waals surface area contributed by atoms with E-state index in [0.29, 0.717) is 22.5 Å². The van der Waals surface area contributed by atoms with Crippen LogP contribution in [-0.2, 0) is 19.1 Å². The van der Waals surface area contributed by atoms with Crippen molar-refractivity contribution < 1.29 is 19.1 Å². The van der Waals surface area contributed by atoms with Gasteiger partial charge in [-0.15, -0.1) is 0 Å². The molecule has 0 heterocycles. The molecule has 0 saturated heterocycles. The molecule has 0 aliphatic heterocycles. The van der Waals surface area contributed by atoms with Crippen molar-refractivity contribution in [3.8, 4) is 0 Å². The molecule has 0 aromatic carbocycles.